The number of benzene rings is 1. The Labute approximate surface area is 158 Å². The highest BCUT2D eigenvalue weighted by Gasteiger charge is 2.36. The van der Waals surface area contributed by atoms with E-state index in [-0.39, 0.29) is 12.0 Å². The summed E-state index contributed by atoms with van der Waals surface area (Å²) in [6, 6.07) is 15.1. The maximum Gasteiger partial charge on any atom is 0.263 e. The lowest BCUT2D eigenvalue weighted by Crippen LogP contribution is -2.48. The van der Waals surface area contributed by atoms with E-state index in [0.29, 0.717) is 18.0 Å². The minimum Gasteiger partial charge on any atom is -0.393 e. The smallest absolute Gasteiger partial charge is 0.263 e. The molecule has 4 rings (SSSR count). The number of nitrogens with zero attached hydrogens (tertiary/aromatic N) is 1. The molecule has 1 amide bonds. The van der Waals surface area contributed by atoms with Crippen molar-refractivity contribution >= 4 is 17.2 Å². The second-order valence-corrected chi connectivity index (χ2v) is 8.43. The molecule has 4 nitrogen and oxygen atoms in total. The molecule has 0 spiro atoms. The minimum absolute atomic E-state index is 0.140. The number of aliphatic hydroxyl groups excluding tert-OH is 1. The summed E-state index contributed by atoms with van der Waals surface area (Å²) < 4.78 is 0. The highest BCUT2D eigenvalue weighted by atomic mass is 32.1. The Morgan fingerprint density at radius 2 is 1.85 bits per heavy atom. The first-order chi connectivity index (χ1) is 12.7. The van der Waals surface area contributed by atoms with Crippen molar-refractivity contribution in [3.63, 3.8) is 0 Å². The molecule has 2 aromatic rings. The van der Waals surface area contributed by atoms with Gasteiger partial charge in [-0.05, 0) is 48.6 Å². The maximum atomic E-state index is 12.5. The van der Waals surface area contributed by atoms with Gasteiger partial charge in [-0.3, -0.25) is 4.79 Å². The number of aliphatic hydroxyl groups is 1. The molecule has 0 radical (unpaired) electrons. The van der Waals surface area contributed by atoms with E-state index in [9.17, 15) is 9.90 Å². The summed E-state index contributed by atoms with van der Waals surface area (Å²) in [4.78, 5) is 15.3. The fourth-order valence-electron chi connectivity index (χ4n) is 4.13. The molecule has 1 saturated heterocycles. The van der Waals surface area contributed by atoms with Crippen LogP contribution in [0.1, 0.15) is 47.0 Å². The van der Waals surface area contributed by atoms with Gasteiger partial charge >= 0.3 is 0 Å². The van der Waals surface area contributed by atoms with Crippen LogP contribution in [0.15, 0.2) is 47.8 Å². The molecule has 1 aromatic heterocycles. The number of nitrogens with one attached hydrogen (secondary N) is 1. The van der Waals surface area contributed by atoms with Crippen LogP contribution in [-0.2, 0) is 0 Å². The Morgan fingerprint density at radius 1 is 1.12 bits per heavy atom. The Kier molecular flexibility index (Phi) is 5.38. The molecule has 0 bridgehead atoms. The normalized spacial score (nSPS) is 24.9. The second kappa shape index (κ2) is 7.91. The van der Waals surface area contributed by atoms with Gasteiger partial charge in [0.1, 0.15) is 0 Å². The topological polar surface area (TPSA) is 52.6 Å². The number of likely N-dealkylation sites (tertiary alicyclic amines) is 1. The van der Waals surface area contributed by atoms with E-state index in [1.165, 1.54) is 16.9 Å². The molecule has 138 valence electrons. The third kappa shape index (κ3) is 3.85. The Hall–Kier alpha value is -1.69. The summed E-state index contributed by atoms with van der Waals surface area (Å²) in [6.07, 6.45) is 3.58. The van der Waals surface area contributed by atoms with Crippen LogP contribution in [0.3, 0.4) is 0 Å². The monoisotopic (exact) mass is 370 g/mol. The standard InChI is InChI=1S/C21H26N2O2S/c24-18-13-16(14-18)20(15-5-2-1-3-6-15)22-17-8-10-23(11-9-17)21(25)19-7-4-12-26-19/h1-7,12,16-18,20,22,24H,8-11,13-14H2/t16?,18?,20-/m0/s1. The molecule has 1 aliphatic carbocycles. The number of thiophene rings is 1. The lowest BCUT2D eigenvalue weighted by Gasteiger charge is -2.42. The highest BCUT2D eigenvalue weighted by Crippen LogP contribution is 2.38. The Balaban J connectivity index is 1.36. The van der Waals surface area contributed by atoms with Crippen molar-refractivity contribution in [2.24, 2.45) is 5.92 Å². The number of amides is 1. The van der Waals surface area contributed by atoms with Gasteiger partial charge in [-0.25, -0.2) is 0 Å². The predicted octanol–water partition coefficient (Wildman–Crippen LogP) is 3.45. The van der Waals surface area contributed by atoms with Crippen molar-refractivity contribution in [2.75, 3.05) is 13.1 Å². The molecule has 2 aliphatic rings. The van der Waals surface area contributed by atoms with Gasteiger partial charge in [0.2, 0.25) is 0 Å². The summed E-state index contributed by atoms with van der Waals surface area (Å²) in [5, 5.41) is 15.5. The zero-order valence-corrected chi connectivity index (χ0v) is 15.7. The van der Waals surface area contributed by atoms with Crippen LogP contribution in [0.5, 0.6) is 0 Å². The first-order valence-electron chi connectivity index (χ1n) is 9.52. The fraction of sp³-hybridized carbons (Fsp3) is 0.476. The van der Waals surface area contributed by atoms with E-state index in [1.54, 1.807) is 0 Å². The van der Waals surface area contributed by atoms with Gasteiger partial charge in [-0.1, -0.05) is 36.4 Å². The van der Waals surface area contributed by atoms with Crippen LogP contribution in [0.2, 0.25) is 0 Å². The molecule has 5 heteroatoms. The van der Waals surface area contributed by atoms with Gasteiger partial charge in [0.25, 0.3) is 5.91 Å². The van der Waals surface area contributed by atoms with Crippen LogP contribution in [-0.4, -0.2) is 41.1 Å². The van der Waals surface area contributed by atoms with Crippen molar-refractivity contribution in [2.45, 2.75) is 43.9 Å². The number of piperidine rings is 1. The fourth-order valence-corrected chi connectivity index (χ4v) is 4.82. The number of rotatable bonds is 5. The van der Waals surface area contributed by atoms with Crippen molar-refractivity contribution in [1.29, 1.82) is 0 Å². The molecule has 1 atom stereocenters. The summed E-state index contributed by atoms with van der Waals surface area (Å²) in [7, 11) is 0. The molecular weight excluding hydrogens is 344 g/mol. The van der Waals surface area contributed by atoms with Gasteiger partial charge in [-0.2, -0.15) is 0 Å². The van der Waals surface area contributed by atoms with Gasteiger partial charge in [0, 0.05) is 25.2 Å². The van der Waals surface area contributed by atoms with E-state index >= 15 is 0 Å². The lowest BCUT2D eigenvalue weighted by atomic mass is 9.74. The van der Waals surface area contributed by atoms with E-state index in [2.05, 4.69) is 29.6 Å². The van der Waals surface area contributed by atoms with Crippen molar-refractivity contribution < 1.29 is 9.90 Å². The van der Waals surface area contributed by atoms with Gasteiger partial charge < -0.3 is 15.3 Å². The summed E-state index contributed by atoms with van der Waals surface area (Å²) in [6.45, 7) is 1.62. The Morgan fingerprint density at radius 3 is 2.46 bits per heavy atom. The van der Waals surface area contributed by atoms with Crippen LogP contribution in [0.4, 0.5) is 0 Å². The largest absolute Gasteiger partial charge is 0.393 e. The second-order valence-electron chi connectivity index (χ2n) is 7.48. The SMILES string of the molecule is O=C(c1cccs1)N1CCC(N[C@@H](c2ccccc2)C2CC(O)C2)CC1. The predicted molar refractivity (Wildman–Crippen MR) is 104 cm³/mol. The number of carbonyl (C=O) groups is 1. The van der Waals surface area contributed by atoms with Gasteiger partial charge in [-0.15, -0.1) is 11.3 Å². The summed E-state index contributed by atoms with van der Waals surface area (Å²) in [5.41, 5.74) is 1.31. The molecule has 1 aromatic carbocycles. The van der Waals surface area contributed by atoms with Crippen LogP contribution in [0.25, 0.3) is 0 Å². The van der Waals surface area contributed by atoms with Crippen LogP contribution >= 0.6 is 11.3 Å². The minimum atomic E-state index is -0.140. The molecule has 2 fully saturated rings. The van der Waals surface area contributed by atoms with E-state index < -0.39 is 0 Å². The molecule has 1 aliphatic heterocycles. The van der Waals surface area contributed by atoms with Gasteiger partial charge in [0.05, 0.1) is 11.0 Å². The molecule has 2 heterocycles. The van der Waals surface area contributed by atoms with E-state index in [4.69, 9.17) is 0 Å². The summed E-state index contributed by atoms with van der Waals surface area (Å²) in [5.74, 6) is 0.665. The van der Waals surface area contributed by atoms with Crippen molar-refractivity contribution in [3.8, 4) is 0 Å². The Bertz CT molecular complexity index is 705. The van der Waals surface area contributed by atoms with Crippen LogP contribution in [0, 0.1) is 5.92 Å². The van der Waals surface area contributed by atoms with E-state index in [1.807, 2.05) is 28.5 Å². The zero-order chi connectivity index (χ0) is 17.9. The number of hydrogen-bond donors (Lipinski definition) is 2. The quantitative estimate of drug-likeness (QED) is 0.848. The molecular formula is C21H26N2O2S. The average molecular weight is 371 g/mol. The number of hydrogen-bond acceptors (Lipinski definition) is 4. The molecule has 26 heavy (non-hydrogen) atoms. The third-order valence-electron chi connectivity index (χ3n) is 5.71. The van der Waals surface area contributed by atoms with Crippen molar-refractivity contribution in [1.82, 2.24) is 10.2 Å². The lowest BCUT2D eigenvalue weighted by molar-refractivity contribution is 0.0196. The zero-order valence-electron chi connectivity index (χ0n) is 14.9. The first-order valence-corrected chi connectivity index (χ1v) is 10.4. The number of carbonyl (C=O) groups excluding carboxylic acids is 1. The highest BCUT2D eigenvalue weighted by molar-refractivity contribution is 7.12. The van der Waals surface area contributed by atoms with Crippen molar-refractivity contribution in [3.05, 3.63) is 58.3 Å². The van der Waals surface area contributed by atoms with Crippen LogP contribution < -0.4 is 5.32 Å². The first kappa shape index (κ1) is 17.7. The van der Waals surface area contributed by atoms with Gasteiger partial charge in [0.15, 0.2) is 0 Å². The third-order valence-corrected chi connectivity index (χ3v) is 6.57. The average Bonchev–Trinajstić information content (AvgIpc) is 3.19. The maximum absolute atomic E-state index is 12.5. The molecule has 0 unspecified atom stereocenters. The molecule has 2 N–H and O–H groups in total. The van der Waals surface area contributed by atoms with E-state index in [0.717, 1.165) is 43.6 Å². The molecule has 1 saturated carbocycles. The summed E-state index contributed by atoms with van der Waals surface area (Å²) >= 11 is 1.52.